The molecule has 1 saturated carbocycles. The van der Waals surface area contributed by atoms with Crippen LogP contribution in [0.25, 0.3) is 11.3 Å². The Hall–Kier alpha value is -2.30. The summed E-state index contributed by atoms with van der Waals surface area (Å²) in [6.07, 6.45) is 0. The number of ether oxygens (including phenoxy) is 1. The molecular formula is C19H25N3O2. The Morgan fingerprint density at radius 3 is 2.42 bits per heavy atom. The summed E-state index contributed by atoms with van der Waals surface area (Å²) in [5.41, 5.74) is 1.78. The van der Waals surface area contributed by atoms with E-state index < -0.39 is 0 Å². The first-order valence-corrected chi connectivity index (χ1v) is 8.18. The van der Waals surface area contributed by atoms with Crippen LogP contribution in [0.3, 0.4) is 0 Å². The summed E-state index contributed by atoms with van der Waals surface area (Å²) < 4.78 is 5.39. The van der Waals surface area contributed by atoms with Crippen LogP contribution in [-0.2, 0) is 4.79 Å². The third-order valence-corrected chi connectivity index (χ3v) is 5.90. The van der Waals surface area contributed by atoms with Gasteiger partial charge >= 0.3 is 0 Å². The third-order valence-electron chi connectivity index (χ3n) is 5.90. The van der Waals surface area contributed by atoms with Crippen LogP contribution in [0.4, 0.5) is 5.82 Å². The summed E-state index contributed by atoms with van der Waals surface area (Å²) in [6, 6.07) is 9.62. The zero-order valence-corrected chi connectivity index (χ0v) is 15.2. The Balaban J connectivity index is 1.85. The molecule has 0 saturated heterocycles. The monoisotopic (exact) mass is 327 g/mol. The summed E-state index contributed by atoms with van der Waals surface area (Å²) in [7, 11) is 3.43. The molecule has 2 aromatic rings. The predicted molar refractivity (Wildman–Crippen MR) is 95.0 cm³/mol. The van der Waals surface area contributed by atoms with Crippen LogP contribution in [0.1, 0.15) is 27.7 Å². The average molecular weight is 327 g/mol. The van der Waals surface area contributed by atoms with Crippen LogP contribution in [0.15, 0.2) is 30.3 Å². The number of anilines is 1. The molecule has 0 radical (unpaired) electrons. The second kappa shape index (κ2) is 5.36. The number of nitrogens with one attached hydrogen (secondary N) is 1. The van der Waals surface area contributed by atoms with Crippen molar-refractivity contribution in [2.24, 2.45) is 16.7 Å². The van der Waals surface area contributed by atoms with E-state index in [4.69, 9.17) is 4.74 Å². The Kier molecular flexibility index (Phi) is 3.70. The van der Waals surface area contributed by atoms with Crippen molar-refractivity contribution in [3.63, 3.8) is 0 Å². The van der Waals surface area contributed by atoms with Crippen molar-refractivity contribution in [3.8, 4) is 17.0 Å². The topological polar surface area (TPSA) is 58.2 Å². The molecule has 5 heteroatoms. The predicted octanol–water partition coefficient (Wildman–Crippen LogP) is 3.73. The standard InChI is InChI=1S/C19H25N3O2/c1-18(2)16(19(18,3)4)17(23)22(5)15-11-13(20-21-15)12-9-7-8-10-14(12)24-6/h7-11,16H,1-6H3,(H,20,21). The molecule has 1 fully saturated rings. The fourth-order valence-corrected chi connectivity index (χ4v) is 3.61. The number of methoxy groups -OCH3 is 1. The largest absolute Gasteiger partial charge is 0.496 e. The fraction of sp³-hybridized carbons (Fsp3) is 0.474. The number of carbonyl (C=O) groups excluding carboxylic acids is 1. The fourth-order valence-electron chi connectivity index (χ4n) is 3.61. The molecule has 0 spiro atoms. The van der Waals surface area contributed by atoms with Crippen LogP contribution < -0.4 is 9.64 Å². The van der Waals surface area contributed by atoms with Crippen LogP contribution >= 0.6 is 0 Å². The van der Waals surface area contributed by atoms with Gasteiger partial charge in [0.15, 0.2) is 5.82 Å². The first kappa shape index (κ1) is 16.6. The molecule has 0 bridgehead atoms. The number of carbonyl (C=O) groups is 1. The highest BCUT2D eigenvalue weighted by Crippen LogP contribution is 2.68. The number of H-pyrrole nitrogens is 1. The van der Waals surface area contributed by atoms with Crippen molar-refractivity contribution < 1.29 is 9.53 Å². The lowest BCUT2D eigenvalue weighted by atomic mass is 10.0. The molecule has 1 aromatic heterocycles. The molecule has 24 heavy (non-hydrogen) atoms. The molecule has 1 aliphatic rings. The van der Waals surface area contributed by atoms with Gasteiger partial charge in [-0.25, -0.2) is 0 Å². The minimum atomic E-state index is 0.0140. The molecule has 1 aliphatic carbocycles. The highest BCUT2D eigenvalue weighted by Gasteiger charge is 2.68. The van der Waals surface area contributed by atoms with E-state index in [0.717, 1.165) is 17.0 Å². The van der Waals surface area contributed by atoms with Gasteiger partial charge in [0.1, 0.15) is 5.75 Å². The molecule has 1 amide bonds. The van der Waals surface area contributed by atoms with Crippen LogP contribution in [0.2, 0.25) is 0 Å². The van der Waals surface area contributed by atoms with Gasteiger partial charge in [-0.3, -0.25) is 14.8 Å². The van der Waals surface area contributed by atoms with Gasteiger partial charge in [-0.1, -0.05) is 39.8 Å². The van der Waals surface area contributed by atoms with Crippen LogP contribution in [0.5, 0.6) is 5.75 Å². The minimum Gasteiger partial charge on any atom is -0.496 e. The van der Waals surface area contributed by atoms with E-state index in [1.54, 1.807) is 19.1 Å². The summed E-state index contributed by atoms with van der Waals surface area (Å²) >= 11 is 0. The van der Waals surface area contributed by atoms with Crippen LogP contribution in [0, 0.1) is 16.7 Å². The number of benzene rings is 1. The zero-order valence-electron chi connectivity index (χ0n) is 15.2. The number of rotatable bonds is 4. The van der Waals surface area contributed by atoms with E-state index in [0.29, 0.717) is 5.82 Å². The number of hydrogen-bond donors (Lipinski definition) is 1. The van der Waals surface area contributed by atoms with E-state index in [1.165, 1.54) is 0 Å². The molecule has 3 rings (SSSR count). The number of hydrogen-bond acceptors (Lipinski definition) is 3. The van der Waals surface area contributed by atoms with Crippen molar-refractivity contribution in [1.82, 2.24) is 10.2 Å². The van der Waals surface area contributed by atoms with Crippen molar-refractivity contribution in [2.45, 2.75) is 27.7 Å². The van der Waals surface area contributed by atoms with E-state index >= 15 is 0 Å². The van der Waals surface area contributed by atoms with Gasteiger partial charge in [-0.15, -0.1) is 0 Å². The van der Waals surface area contributed by atoms with Crippen molar-refractivity contribution in [2.75, 3.05) is 19.1 Å². The Labute approximate surface area is 143 Å². The second-order valence-electron chi connectivity index (χ2n) is 7.61. The van der Waals surface area contributed by atoms with Crippen LogP contribution in [-0.4, -0.2) is 30.3 Å². The van der Waals surface area contributed by atoms with E-state index in [-0.39, 0.29) is 22.7 Å². The second-order valence-corrected chi connectivity index (χ2v) is 7.61. The maximum atomic E-state index is 12.9. The van der Waals surface area contributed by atoms with Gasteiger partial charge in [0, 0.05) is 24.6 Å². The first-order valence-electron chi connectivity index (χ1n) is 8.18. The van der Waals surface area contributed by atoms with Gasteiger partial charge in [-0.2, -0.15) is 5.10 Å². The van der Waals surface area contributed by atoms with Gasteiger partial charge < -0.3 is 4.74 Å². The quantitative estimate of drug-likeness (QED) is 0.931. The number of nitrogens with zero attached hydrogens (tertiary/aromatic N) is 2. The minimum absolute atomic E-state index is 0.0140. The molecule has 1 N–H and O–H groups in total. The Morgan fingerprint density at radius 1 is 1.21 bits per heavy atom. The summed E-state index contributed by atoms with van der Waals surface area (Å²) in [5.74, 6) is 1.52. The van der Waals surface area contributed by atoms with E-state index in [1.807, 2.05) is 30.3 Å². The number of aromatic amines is 1. The van der Waals surface area contributed by atoms with Crippen molar-refractivity contribution in [3.05, 3.63) is 30.3 Å². The van der Waals surface area contributed by atoms with Gasteiger partial charge in [-0.05, 0) is 23.0 Å². The zero-order chi connectivity index (χ0) is 17.7. The maximum Gasteiger partial charge on any atom is 0.232 e. The highest BCUT2D eigenvalue weighted by molar-refractivity contribution is 5.97. The molecule has 0 aliphatic heterocycles. The maximum absolute atomic E-state index is 12.9. The van der Waals surface area contributed by atoms with Crippen molar-refractivity contribution in [1.29, 1.82) is 0 Å². The van der Waals surface area contributed by atoms with E-state index in [2.05, 4.69) is 37.9 Å². The molecule has 1 heterocycles. The first-order chi connectivity index (χ1) is 11.2. The smallest absolute Gasteiger partial charge is 0.232 e. The van der Waals surface area contributed by atoms with Gasteiger partial charge in [0.2, 0.25) is 5.91 Å². The number of amides is 1. The lowest BCUT2D eigenvalue weighted by molar-refractivity contribution is -0.120. The van der Waals surface area contributed by atoms with Gasteiger partial charge in [0.05, 0.1) is 12.8 Å². The summed E-state index contributed by atoms with van der Waals surface area (Å²) in [6.45, 7) is 8.59. The third kappa shape index (κ3) is 2.30. The lowest BCUT2D eigenvalue weighted by Gasteiger charge is -2.15. The SMILES string of the molecule is COc1ccccc1-c1cc(N(C)C(=O)C2C(C)(C)C2(C)C)n[nH]1. The van der Waals surface area contributed by atoms with E-state index in [9.17, 15) is 4.79 Å². The summed E-state index contributed by atoms with van der Waals surface area (Å²) in [5, 5.41) is 7.33. The molecule has 1 aromatic carbocycles. The molecule has 0 unspecified atom stereocenters. The van der Waals surface area contributed by atoms with Crippen molar-refractivity contribution >= 4 is 11.7 Å². The Morgan fingerprint density at radius 2 is 1.83 bits per heavy atom. The number of aromatic nitrogens is 2. The average Bonchev–Trinajstić information content (AvgIpc) is 2.90. The lowest BCUT2D eigenvalue weighted by Crippen LogP contribution is -2.30. The molecule has 0 atom stereocenters. The molecule has 5 nitrogen and oxygen atoms in total. The highest BCUT2D eigenvalue weighted by atomic mass is 16.5. The van der Waals surface area contributed by atoms with Gasteiger partial charge in [0.25, 0.3) is 0 Å². The Bertz CT molecular complexity index is 762. The number of para-hydroxylation sites is 1. The molecule has 128 valence electrons. The molecular weight excluding hydrogens is 302 g/mol. The summed E-state index contributed by atoms with van der Waals surface area (Å²) in [4.78, 5) is 14.5. The normalized spacial score (nSPS) is 18.2.